The van der Waals surface area contributed by atoms with Crippen molar-refractivity contribution in [3.05, 3.63) is 0 Å². The number of aliphatic carboxylic acids is 1. The fourth-order valence-electron chi connectivity index (χ4n) is 1.70. The number of nitrogens with zero attached hydrogens (tertiary/aromatic N) is 1. The highest BCUT2D eigenvalue weighted by molar-refractivity contribution is 5.66. The van der Waals surface area contributed by atoms with Gasteiger partial charge in [-0.05, 0) is 27.2 Å². The molecule has 0 aliphatic rings. The van der Waals surface area contributed by atoms with E-state index < -0.39 is 12.1 Å². The molecule has 5 nitrogen and oxygen atoms in total. The molecule has 0 aliphatic carbocycles. The molecule has 0 saturated heterocycles. The Labute approximate surface area is 116 Å². The van der Waals surface area contributed by atoms with Gasteiger partial charge in [-0.2, -0.15) is 0 Å². The molecule has 0 aromatic heterocycles. The lowest BCUT2D eigenvalue weighted by Gasteiger charge is -2.36. The van der Waals surface area contributed by atoms with Crippen LogP contribution in [0, 0.1) is 0 Å². The molecule has 0 aromatic carbocycles. The quantitative estimate of drug-likeness (QED) is 0.594. The monoisotopic (exact) mass is 275 g/mol. The summed E-state index contributed by atoms with van der Waals surface area (Å²) in [6.45, 7) is 9.97. The highest BCUT2D eigenvalue weighted by Crippen LogP contribution is 2.14. The van der Waals surface area contributed by atoms with Crippen LogP contribution in [0.5, 0.6) is 0 Å². The number of rotatable bonds is 10. The minimum Gasteiger partial charge on any atom is -0.481 e. The van der Waals surface area contributed by atoms with Crippen LogP contribution in [-0.2, 0) is 9.53 Å². The Morgan fingerprint density at radius 1 is 1.37 bits per heavy atom. The van der Waals surface area contributed by atoms with E-state index >= 15 is 0 Å². The molecule has 0 aliphatic heterocycles. The summed E-state index contributed by atoms with van der Waals surface area (Å²) in [6, 6.07) is 0. The zero-order chi connectivity index (χ0) is 14.9. The maximum atomic E-state index is 10.6. The van der Waals surface area contributed by atoms with Crippen molar-refractivity contribution in [2.24, 2.45) is 0 Å². The normalized spacial score (nSPS) is 13.8. The molecule has 0 amide bonds. The zero-order valence-electron chi connectivity index (χ0n) is 12.7. The van der Waals surface area contributed by atoms with Gasteiger partial charge in [0.25, 0.3) is 0 Å². The Bertz CT molecular complexity index is 250. The molecular formula is C14H29NO4. The predicted octanol–water partition coefficient (Wildman–Crippen LogP) is 1.74. The minimum atomic E-state index is -0.817. The fraction of sp³-hybridized carbons (Fsp3) is 0.929. The van der Waals surface area contributed by atoms with Gasteiger partial charge in [-0.1, -0.05) is 13.3 Å². The van der Waals surface area contributed by atoms with Crippen LogP contribution in [0.4, 0.5) is 0 Å². The summed E-state index contributed by atoms with van der Waals surface area (Å²) >= 11 is 0. The summed E-state index contributed by atoms with van der Waals surface area (Å²) in [5.41, 5.74) is -0.167. The topological polar surface area (TPSA) is 70.0 Å². The number of carboxylic acids is 1. The van der Waals surface area contributed by atoms with E-state index in [4.69, 9.17) is 9.84 Å². The largest absolute Gasteiger partial charge is 0.481 e. The molecule has 1 unspecified atom stereocenters. The van der Waals surface area contributed by atoms with Gasteiger partial charge < -0.3 is 14.9 Å². The molecule has 1 atom stereocenters. The smallest absolute Gasteiger partial charge is 0.304 e. The summed E-state index contributed by atoms with van der Waals surface area (Å²) in [5, 5.41) is 18.7. The van der Waals surface area contributed by atoms with Crippen LogP contribution < -0.4 is 0 Å². The van der Waals surface area contributed by atoms with Gasteiger partial charge in [-0.25, -0.2) is 0 Å². The number of aliphatic hydroxyl groups excluding tert-OH is 1. The van der Waals surface area contributed by atoms with Crippen LogP contribution in [0.25, 0.3) is 0 Å². The molecule has 0 fully saturated rings. The average molecular weight is 275 g/mol. The first-order valence-electron chi connectivity index (χ1n) is 7.00. The van der Waals surface area contributed by atoms with E-state index in [9.17, 15) is 9.90 Å². The van der Waals surface area contributed by atoms with Crippen molar-refractivity contribution in [3.8, 4) is 0 Å². The van der Waals surface area contributed by atoms with Gasteiger partial charge in [0.2, 0.25) is 0 Å². The molecule has 0 aromatic rings. The molecule has 19 heavy (non-hydrogen) atoms. The van der Waals surface area contributed by atoms with E-state index in [2.05, 4.69) is 6.92 Å². The first-order valence-corrected chi connectivity index (χ1v) is 7.00. The standard InChI is InChI=1S/C14H29NO4/c1-5-6-9-19-11-12(16)10-15(14(2,3)4)8-7-13(17)18/h12,16H,5-11H2,1-4H3,(H,17,18). The molecule has 0 bridgehead atoms. The van der Waals surface area contributed by atoms with Crippen molar-refractivity contribution in [3.63, 3.8) is 0 Å². The summed E-state index contributed by atoms with van der Waals surface area (Å²) in [6.07, 6.45) is 1.57. The van der Waals surface area contributed by atoms with Crippen molar-refractivity contribution >= 4 is 5.97 Å². The van der Waals surface area contributed by atoms with E-state index in [1.165, 1.54) is 0 Å². The number of β-amino-alcohol motifs (C(OH)–C–C–N with tert-alkyl or cyclic N) is 1. The van der Waals surface area contributed by atoms with Gasteiger partial charge >= 0.3 is 5.97 Å². The number of hydrogen-bond donors (Lipinski definition) is 2. The van der Waals surface area contributed by atoms with E-state index in [1.807, 2.05) is 25.7 Å². The average Bonchev–Trinajstić information content (AvgIpc) is 2.28. The lowest BCUT2D eigenvalue weighted by Crippen LogP contribution is -2.47. The highest BCUT2D eigenvalue weighted by Gasteiger charge is 2.24. The van der Waals surface area contributed by atoms with Gasteiger partial charge in [-0.3, -0.25) is 9.69 Å². The minimum absolute atomic E-state index is 0.0840. The maximum absolute atomic E-state index is 10.6. The van der Waals surface area contributed by atoms with Crippen LogP contribution in [0.2, 0.25) is 0 Å². The third-order valence-electron chi connectivity index (χ3n) is 2.93. The lowest BCUT2D eigenvalue weighted by molar-refractivity contribution is -0.137. The number of unbranched alkanes of at least 4 members (excludes halogenated alkanes) is 1. The van der Waals surface area contributed by atoms with Crippen molar-refractivity contribution in [2.75, 3.05) is 26.3 Å². The van der Waals surface area contributed by atoms with Crippen molar-refractivity contribution in [2.45, 2.75) is 58.6 Å². The van der Waals surface area contributed by atoms with Crippen LogP contribution in [0.15, 0.2) is 0 Å². The lowest BCUT2D eigenvalue weighted by atomic mass is 10.0. The van der Waals surface area contributed by atoms with Crippen molar-refractivity contribution in [1.82, 2.24) is 4.90 Å². The third kappa shape index (κ3) is 9.87. The van der Waals surface area contributed by atoms with Crippen molar-refractivity contribution in [1.29, 1.82) is 0 Å². The first kappa shape index (κ1) is 18.4. The van der Waals surface area contributed by atoms with Gasteiger partial charge in [-0.15, -0.1) is 0 Å². The molecule has 5 heteroatoms. The number of hydrogen-bond acceptors (Lipinski definition) is 4. The molecule has 2 N–H and O–H groups in total. The van der Waals surface area contributed by atoms with Gasteiger partial charge in [0, 0.05) is 25.2 Å². The summed E-state index contributed by atoms with van der Waals surface area (Å²) in [7, 11) is 0. The third-order valence-corrected chi connectivity index (χ3v) is 2.93. The van der Waals surface area contributed by atoms with E-state index in [0.717, 1.165) is 12.8 Å². The Kier molecular flexibility index (Phi) is 8.97. The second-order valence-electron chi connectivity index (χ2n) is 5.84. The number of carboxylic acid groups (broad SMARTS) is 1. The van der Waals surface area contributed by atoms with E-state index in [1.54, 1.807) is 0 Å². The Morgan fingerprint density at radius 3 is 2.47 bits per heavy atom. The molecule has 0 rings (SSSR count). The summed E-state index contributed by atoms with van der Waals surface area (Å²) < 4.78 is 5.38. The second kappa shape index (κ2) is 9.28. The fourth-order valence-corrected chi connectivity index (χ4v) is 1.70. The van der Waals surface area contributed by atoms with Gasteiger partial charge in [0.1, 0.15) is 0 Å². The van der Waals surface area contributed by atoms with Crippen LogP contribution in [0.3, 0.4) is 0 Å². The Balaban J connectivity index is 4.12. The Hall–Kier alpha value is -0.650. The second-order valence-corrected chi connectivity index (χ2v) is 5.84. The Morgan fingerprint density at radius 2 is 2.00 bits per heavy atom. The molecule has 114 valence electrons. The van der Waals surface area contributed by atoms with Crippen LogP contribution in [-0.4, -0.2) is 59.0 Å². The zero-order valence-corrected chi connectivity index (χ0v) is 12.7. The number of aliphatic hydroxyl groups is 1. The number of ether oxygens (including phenoxy) is 1. The first-order chi connectivity index (χ1) is 8.77. The molecular weight excluding hydrogens is 246 g/mol. The van der Waals surface area contributed by atoms with Crippen LogP contribution >= 0.6 is 0 Å². The molecule has 0 saturated carbocycles. The molecule has 0 radical (unpaired) electrons. The van der Waals surface area contributed by atoms with E-state index in [-0.39, 0.29) is 12.0 Å². The SMILES string of the molecule is CCCCOCC(O)CN(CCC(=O)O)C(C)(C)C. The van der Waals surface area contributed by atoms with Gasteiger partial charge in [0.05, 0.1) is 19.1 Å². The summed E-state index contributed by atoms with van der Waals surface area (Å²) in [5.74, 6) is -0.817. The molecule has 0 spiro atoms. The predicted molar refractivity (Wildman–Crippen MR) is 75.3 cm³/mol. The maximum Gasteiger partial charge on any atom is 0.304 e. The van der Waals surface area contributed by atoms with E-state index in [0.29, 0.717) is 26.3 Å². The number of carbonyl (C=O) groups is 1. The molecule has 0 heterocycles. The van der Waals surface area contributed by atoms with Gasteiger partial charge in [0.15, 0.2) is 0 Å². The van der Waals surface area contributed by atoms with Crippen LogP contribution in [0.1, 0.15) is 47.0 Å². The van der Waals surface area contributed by atoms with Crippen molar-refractivity contribution < 1.29 is 19.7 Å². The highest BCUT2D eigenvalue weighted by atomic mass is 16.5. The summed E-state index contributed by atoms with van der Waals surface area (Å²) in [4.78, 5) is 12.6.